The number of para-hydroxylation sites is 1. The molecule has 7 aromatic carbocycles. The minimum absolute atomic E-state index is 0.652. The van der Waals surface area contributed by atoms with Crippen molar-refractivity contribution in [2.75, 3.05) is 0 Å². The molecule has 3 heterocycles. The first-order chi connectivity index (χ1) is 23.8. The lowest BCUT2D eigenvalue weighted by atomic mass is 10.0. The molecule has 0 saturated heterocycles. The molecule has 0 fully saturated rings. The summed E-state index contributed by atoms with van der Waals surface area (Å²) in [5.41, 5.74) is 6.33. The van der Waals surface area contributed by atoms with E-state index in [0.29, 0.717) is 17.5 Å². The van der Waals surface area contributed by atoms with Gasteiger partial charge in [-0.2, -0.15) is 0 Å². The molecule has 0 aliphatic heterocycles. The van der Waals surface area contributed by atoms with Crippen molar-refractivity contribution in [2.45, 2.75) is 0 Å². The van der Waals surface area contributed by atoms with E-state index in [-0.39, 0.29) is 0 Å². The Balaban J connectivity index is 1.25. The molecule has 0 bridgehead atoms. The summed E-state index contributed by atoms with van der Waals surface area (Å²) < 4.78 is 5.00. The Morgan fingerprint density at radius 1 is 0.396 bits per heavy atom. The van der Waals surface area contributed by atoms with Gasteiger partial charge in [0.15, 0.2) is 17.5 Å². The van der Waals surface area contributed by atoms with Gasteiger partial charge >= 0.3 is 0 Å². The van der Waals surface area contributed by atoms with Crippen LogP contribution in [-0.4, -0.2) is 19.5 Å². The molecule has 0 atom stereocenters. The molecule has 3 aromatic heterocycles. The SMILES string of the molecule is c1ccc(-c2nc(-c3ccccc3)nc(-c3ccc4c(c3)c3cc5sc6c7ccccc7ccc6c5cc3n4-c3ccccc3)n2)cc1. The Bertz CT molecular complexity index is 2760. The van der Waals surface area contributed by atoms with Crippen molar-refractivity contribution in [3.8, 4) is 39.9 Å². The van der Waals surface area contributed by atoms with Crippen LogP contribution in [0, 0.1) is 0 Å². The summed E-state index contributed by atoms with van der Waals surface area (Å²) in [4.78, 5) is 15.0. The summed E-state index contributed by atoms with van der Waals surface area (Å²) >= 11 is 1.88. The minimum Gasteiger partial charge on any atom is -0.309 e. The van der Waals surface area contributed by atoms with Gasteiger partial charge in [-0.25, -0.2) is 15.0 Å². The van der Waals surface area contributed by atoms with Crippen LogP contribution in [0.1, 0.15) is 0 Å². The predicted octanol–water partition coefficient (Wildman–Crippen LogP) is 11.5. The van der Waals surface area contributed by atoms with Crippen LogP contribution in [0.25, 0.3) is 92.6 Å². The second-order valence-corrected chi connectivity index (χ2v) is 13.1. The first-order valence-corrected chi connectivity index (χ1v) is 16.9. The molecule has 0 unspecified atom stereocenters. The number of benzene rings is 7. The van der Waals surface area contributed by atoms with Crippen LogP contribution in [0.3, 0.4) is 0 Å². The van der Waals surface area contributed by atoms with Crippen molar-refractivity contribution in [3.05, 3.63) is 158 Å². The fraction of sp³-hybridized carbons (Fsp3) is 0. The van der Waals surface area contributed by atoms with Crippen molar-refractivity contribution in [2.24, 2.45) is 0 Å². The lowest BCUT2D eigenvalue weighted by Crippen LogP contribution is -2.00. The first kappa shape index (κ1) is 27.0. The van der Waals surface area contributed by atoms with E-state index >= 15 is 0 Å². The molecule has 5 heteroatoms. The van der Waals surface area contributed by atoms with E-state index in [1.807, 2.05) is 72.0 Å². The molecule has 224 valence electrons. The van der Waals surface area contributed by atoms with Gasteiger partial charge in [-0.3, -0.25) is 0 Å². The molecule has 0 aliphatic carbocycles. The molecule has 0 radical (unpaired) electrons. The number of aromatic nitrogens is 4. The largest absolute Gasteiger partial charge is 0.309 e. The van der Waals surface area contributed by atoms with Crippen molar-refractivity contribution in [1.82, 2.24) is 19.5 Å². The highest BCUT2D eigenvalue weighted by Gasteiger charge is 2.19. The number of hydrogen-bond donors (Lipinski definition) is 0. The van der Waals surface area contributed by atoms with Gasteiger partial charge in [-0.15, -0.1) is 11.3 Å². The first-order valence-electron chi connectivity index (χ1n) is 16.0. The number of hydrogen-bond acceptors (Lipinski definition) is 4. The highest BCUT2D eigenvalue weighted by molar-refractivity contribution is 7.26. The Kier molecular flexibility index (Phi) is 6.01. The Morgan fingerprint density at radius 3 is 1.71 bits per heavy atom. The van der Waals surface area contributed by atoms with Gasteiger partial charge in [0.05, 0.1) is 11.0 Å². The Morgan fingerprint density at radius 2 is 1.00 bits per heavy atom. The number of thiophene rings is 1. The quantitative estimate of drug-likeness (QED) is 0.194. The minimum atomic E-state index is 0.652. The highest BCUT2D eigenvalue weighted by atomic mass is 32.1. The smallest absolute Gasteiger partial charge is 0.164 e. The second-order valence-electron chi connectivity index (χ2n) is 12.1. The van der Waals surface area contributed by atoms with Crippen LogP contribution in [0.2, 0.25) is 0 Å². The summed E-state index contributed by atoms with van der Waals surface area (Å²) in [6.45, 7) is 0. The average Bonchev–Trinajstić information content (AvgIpc) is 3.69. The number of rotatable bonds is 4. The lowest BCUT2D eigenvalue weighted by Gasteiger charge is -2.09. The highest BCUT2D eigenvalue weighted by Crippen LogP contribution is 2.43. The molecule has 0 saturated carbocycles. The van der Waals surface area contributed by atoms with Crippen molar-refractivity contribution >= 4 is 64.1 Å². The fourth-order valence-electron chi connectivity index (χ4n) is 6.95. The van der Waals surface area contributed by atoms with E-state index in [0.717, 1.165) is 27.9 Å². The van der Waals surface area contributed by atoms with Gasteiger partial charge in [-0.05, 0) is 53.2 Å². The monoisotopic (exact) mass is 630 g/mol. The van der Waals surface area contributed by atoms with Gasteiger partial charge in [0.1, 0.15) is 0 Å². The molecular formula is C43H26N4S. The summed E-state index contributed by atoms with van der Waals surface area (Å²) in [7, 11) is 0. The maximum absolute atomic E-state index is 5.03. The maximum atomic E-state index is 5.03. The van der Waals surface area contributed by atoms with Gasteiger partial charge in [0.25, 0.3) is 0 Å². The second kappa shape index (κ2) is 10.7. The fourth-order valence-corrected chi connectivity index (χ4v) is 8.21. The summed E-state index contributed by atoms with van der Waals surface area (Å²) in [6.07, 6.45) is 0. The molecule has 0 amide bonds. The number of fused-ring (bicyclic) bond motifs is 8. The molecule has 0 aliphatic rings. The zero-order valence-electron chi connectivity index (χ0n) is 25.7. The van der Waals surface area contributed by atoms with Crippen molar-refractivity contribution < 1.29 is 0 Å². The zero-order valence-corrected chi connectivity index (χ0v) is 26.5. The van der Waals surface area contributed by atoms with Crippen LogP contribution in [0.15, 0.2) is 158 Å². The third-order valence-electron chi connectivity index (χ3n) is 9.22. The third kappa shape index (κ3) is 4.25. The molecule has 48 heavy (non-hydrogen) atoms. The van der Waals surface area contributed by atoms with E-state index in [1.165, 1.54) is 47.2 Å². The van der Waals surface area contributed by atoms with Crippen LogP contribution in [0.4, 0.5) is 0 Å². The van der Waals surface area contributed by atoms with E-state index in [4.69, 9.17) is 15.0 Å². The molecular weight excluding hydrogens is 605 g/mol. The normalized spacial score (nSPS) is 11.8. The molecule has 10 aromatic rings. The number of nitrogens with zero attached hydrogens (tertiary/aromatic N) is 4. The van der Waals surface area contributed by atoms with Crippen molar-refractivity contribution in [1.29, 1.82) is 0 Å². The van der Waals surface area contributed by atoms with E-state index in [9.17, 15) is 0 Å². The molecule has 0 spiro atoms. The predicted molar refractivity (Wildman–Crippen MR) is 201 cm³/mol. The van der Waals surface area contributed by atoms with Crippen LogP contribution in [0.5, 0.6) is 0 Å². The molecule has 4 nitrogen and oxygen atoms in total. The van der Waals surface area contributed by atoms with Gasteiger partial charge in [-0.1, -0.05) is 115 Å². The van der Waals surface area contributed by atoms with Gasteiger partial charge in [0.2, 0.25) is 0 Å². The molecule has 10 rings (SSSR count). The summed E-state index contributed by atoms with van der Waals surface area (Å²) in [5.74, 6) is 1.97. The van der Waals surface area contributed by atoms with E-state index in [1.54, 1.807) is 0 Å². The van der Waals surface area contributed by atoms with Crippen LogP contribution < -0.4 is 0 Å². The Hall–Kier alpha value is -6.17. The summed E-state index contributed by atoms with van der Waals surface area (Å²) in [6, 6.07) is 55.5. The van der Waals surface area contributed by atoms with E-state index < -0.39 is 0 Å². The zero-order chi connectivity index (χ0) is 31.6. The van der Waals surface area contributed by atoms with Gasteiger partial charge < -0.3 is 4.57 Å². The lowest BCUT2D eigenvalue weighted by molar-refractivity contribution is 1.07. The molecule has 0 N–H and O–H groups in total. The summed E-state index contributed by atoms with van der Waals surface area (Å²) in [5, 5.41) is 7.53. The van der Waals surface area contributed by atoms with Crippen LogP contribution in [-0.2, 0) is 0 Å². The van der Waals surface area contributed by atoms with Gasteiger partial charge in [0, 0.05) is 53.3 Å². The average molecular weight is 631 g/mol. The van der Waals surface area contributed by atoms with Crippen LogP contribution >= 0.6 is 11.3 Å². The standard InChI is InChI=1S/C43H26N4S/c1-4-13-28(14-5-1)41-44-42(29-15-6-2-7-16-29)46-43(45-41)30-21-23-37-34(24-30)35-26-39-36(25-38(35)47(37)31-17-8-3-9-18-31)33-22-20-27-12-10-11-19-32(27)40(33)48-39/h1-26H. The topological polar surface area (TPSA) is 43.6 Å². The third-order valence-corrected chi connectivity index (χ3v) is 10.4. The Labute approximate surface area is 280 Å². The van der Waals surface area contributed by atoms with E-state index in [2.05, 4.69) is 102 Å². The van der Waals surface area contributed by atoms with Crippen molar-refractivity contribution in [3.63, 3.8) is 0 Å². The maximum Gasteiger partial charge on any atom is 0.164 e.